The molecule has 1 fully saturated rings. The molecule has 1 saturated carbocycles. The monoisotopic (exact) mass is 291 g/mol. The zero-order valence-corrected chi connectivity index (χ0v) is 12.1. The summed E-state index contributed by atoms with van der Waals surface area (Å²) in [4.78, 5) is 0. The molecule has 0 unspecified atom stereocenters. The number of nitrogens with one attached hydrogen (secondary N) is 1. The summed E-state index contributed by atoms with van der Waals surface area (Å²) in [5.41, 5.74) is 1.01. The van der Waals surface area contributed by atoms with E-state index >= 15 is 0 Å². The van der Waals surface area contributed by atoms with Crippen LogP contribution in [0.2, 0.25) is 5.02 Å². The van der Waals surface area contributed by atoms with Gasteiger partial charge in [0.15, 0.2) is 0 Å². The van der Waals surface area contributed by atoms with Crippen molar-refractivity contribution in [3.8, 4) is 0 Å². The Labute approximate surface area is 123 Å². The molecule has 0 radical (unpaired) electrons. The van der Waals surface area contributed by atoms with Gasteiger partial charge in [0, 0.05) is 17.5 Å². The van der Waals surface area contributed by atoms with Crippen molar-refractivity contribution in [2.75, 3.05) is 6.54 Å². The number of halogens is 1. The third-order valence-electron chi connectivity index (χ3n) is 3.39. The second kappa shape index (κ2) is 6.37. The number of nitrogens with zero attached hydrogens (tertiary/aromatic N) is 2. The van der Waals surface area contributed by atoms with Gasteiger partial charge in [-0.1, -0.05) is 29.8 Å². The topological polar surface area (TPSA) is 51.0 Å². The van der Waals surface area contributed by atoms with Gasteiger partial charge in [-0.05, 0) is 37.4 Å². The number of benzene rings is 1. The van der Waals surface area contributed by atoms with Crippen molar-refractivity contribution in [3.63, 3.8) is 0 Å². The van der Waals surface area contributed by atoms with Crippen LogP contribution in [-0.2, 0) is 12.8 Å². The Morgan fingerprint density at radius 3 is 2.80 bits per heavy atom. The summed E-state index contributed by atoms with van der Waals surface area (Å²) in [5, 5.41) is 12.4. The average molecular weight is 292 g/mol. The van der Waals surface area contributed by atoms with Crippen LogP contribution in [0.5, 0.6) is 0 Å². The highest BCUT2D eigenvalue weighted by Gasteiger charge is 2.19. The minimum atomic E-state index is 0.590. The van der Waals surface area contributed by atoms with Gasteiger partial charge in [-0.2, -0.15) is 0 Å². The lowest BCUT2D eigenvalue weighted by molar-refractivity contribution is 0.449. The molecule has 0 saturated heterocycles. The Balaban J connectivity index is 1.49. The highest BCUT2D eigenvalue weighted by molar-refractivity contribution is 6.31. The lowest BCUT2D eigenvalue weighted by Gasteiger charge is -2.00. The first-order valence-electron chi connectivity index (χ1n) is 7.09. The summed E-state index contributed by atoms with van der Waals surface area (Å²) in [6.07, 6.45) is 5.09. The molecule has 1 aromatic heterocycles. The molecule has 1 aliphatic carbocycles. The maximum atomic E-state index is 6.12. The van der Waals surface area contributed by atoms with Crippen molar-refractivity contribution in [2.24, 2.45) is 0 Å². The summed E-state index contributed by atoms with van der Waals surface area (Å²) >= 11 is 6.12. The summed E-state index contributed by atoms with van der Waals surface area (Å²) in [5.74, 6) is 1.34. The fourth-order valence-corrected chi connectivity index (χ4v) is 2.30. The number of hydrogen-bond donors (Lipinski definition) is 1. The number of hydrogen-bond acceptors (Lipinski definition) is 4. The van der Waals surface area contributed by atoms with E-state index in [0.717, 1.165) is 36.0 Å². The van der Waals surface area contributed by atoms with Crippen molar-refractivity contribution in [1.29, 1.82) is 0 Å². The van der Waals surface area contributed by atoms with E-state index in [2.05, 4.69) is 15.5 Å². The van der Waals surface area contributed by atoms with Crippen LogP contribution in [0.1, 0.15) is 36.6 Å². The zero-order chi connectivity index (χ0) is 13.8. The number of aryl methyl sites for hydroxylation is 1. The molecule has 0 aliphatic heterocycles. The molecule has 4 nitrogen and oxygen atoms in total. The van der Waals surface area contributed by atoms with E-state index in [1.54, 1.807) is 0 Å². The van der Waals surface area contributed by atoms with Crippen molar-refractivity contribution in [1.82, 2.24) is 15.5 Å². The first-order chi connectivity index (χ1) is 9.81. The SMILES string of the molecule is Clc1ccccc1Cc1nnc(CCCNC2CC2)o1. The third-order valence-corrected chi connectivity index (χ3v) is 3.75. The molecule has 1 heterocycles. The molecule has 20 heavy (non-hydrogen) atoms. The highest BCUT2D eigenvalue weighted by atomic mass is 35.5. The molecule has 1 aliphatic rings. The lowest BCUT2D eigenvalue weighted by atomic mass is 10.1. The molecule has 5 heteroatoms. The van der Waals surface area contributed by atoms with Crippen LogP contribution < -0.4 is 5.32 Å². The number of aromatic nitrogens is 2. The summed E-state index contributed by atoms with van der Waals surface area (Å²) in [6, 6.07) is 8.48. The van der Waals surface area contributed by atoms with E-state index in [1.165, 1.54) is 12.8 Å². The Hall–Kier alpha value is -1.39. The van der Waals surface area contributed by atoms with E-state index in [1.807, 2.05) is 24.3 Å². The first kappa shape index (κ1) is 13.6. The Morgan fingerprint density at radius 1 is 1.20 bits per heavy atom. The van der Waals surface area contributed by atoms with E-state index in [9.17, 15) is 0 Å². The quantitative estimate of drug-likeness (QED) is 0.797. The van der Waals surface area contributed by atoms with Gasteiger partial charge in [0.1, 0.15) is 0 Å². The molecular formula is C15H18ClN3O. The molecule has 0 bridgehead atoms. The Bertz CT molecular complexity index is 566. The molecule has 0 atom stereocenters. The molecule has 1 aromatic carbocycles. The van der Waals surface area contributed by atoms with Gasteiger partial charge in [0.05, 0.1) is 6.42 Å². The number of rotatable bonds is 7. The van der Waals surface area contributed by atoms with E-state index < -0.39 is 0 Å². The molecule has 2 aromatic rings. The van der Waals surface area contributed by atoms with E-state index in [-0.39, 0.29) is 0 Å². The van der Waals surface area contributed by atoms with Gasteiger partial charge in [-0.3, -0.25) is 0 Å². The largest absolute Gasteiger partial charge is 0.425 e. The minimum absolute atomic E-state index is 0.590. The maximum absolute atomic E-state index is 6.12. The smallest absolute Gasteiger partial charge is 0.220 e. The second-order valence-corrected chi connectivity index (χ2v) is 5.60. The predicted octanol–water partition coefficient (Wildman–Crippen LogP) is 3.00. The summed E-state index contributed by atoms with van der Waals surface area (Å²) in [7, 11) is 0. The summed E-state index contributed by atoms with van der Waals surface area (Å²) < 4.78 is 5.66. The fourth-order valence-electron chi connectivity index (χ4n) is 2.10. The average Bonchev–Trinajstić information content (AvgIpc) is 3.17. The highest BCUT2D eigenvalue weighted by Crippen LogP contribution is 2.19. The van der Waals surface area contributed by atoms with Gasteiger partial charge < -0.3 is 9.73 Å². The lowest BCUT2D eigenvalue weighted by Crippen LogP contribution is -2.17. The van der Waals surface area contributed by atoms with Crippen LogP contribution in [0.15, 0.2) is 28.7 Å². The third kappa shape index (κ3) is 3.81. The van der Waals surface area contributed by atoms with Crippen LogP contribution in [0.25, 0.3) is 0 Å². The van der Waals surface area contributed by atoms with Crippen molar-refractivity contribution in [3.05, 3.63) is 46.6 Å². The molecule has 1 N–H and O–H groups in total. The fraction of sp³-hybridized carbons (Fsp3) is 0.467. The van der Waals surface area contributed by atoms with Gasteiger partial charge >= 0.3 is 0 Å². The van der Waals surface area contributed by atoms with Crippen molar-refractivity contribution >= 4 is 11.6 Å². The van der Waals surface area contributed by atoms with Crippen LogP contribution in [0.3, 0.4) is 0 Å². The normalized spacial score (nSPS) is 14.7. The molecule has 3 rings (SSSR count). The van der Waals surface area contributed by atoms with Gasteiger partial charge in [0.2, 0.25) is 11.8 Å². The zero-order valence-electron chi connectivity index (χ0n) is 11.3. The minimum Gasteiger partial charge on any atom is -0.425 e. The van der Waals surface area contributed by atoms with Gasteiger partial charge in [-0.25, -0.2) is 0 Å². The van der Waals surface area contributed by atoms with Crippen molar-refractivity contribution < 1.29 is 4.42 Å². The van der Waals surface area contributed by atoms with E-state index in [0.29, 0.717) is 18.2 Å². The van der Waals surface area contributed by atoms with Crippen LogP contribution in [-0.4, -0.2) is 22.8 Å². The maximum Gasteiger partial charge on any atom is 0.220 e. The molecule has 0 spiro atoms. The van der Waals surface area contributed by atoms with Gasteiger partial charge in [-0.15, -0.1) is 10.2 Å². The molecular weight excluding hydrogens is 274 g/mol. The van der Waals surface area contributed by atoms with E-state index in [4.69, 9.17) is 16.0 Å². The Kier molecular flexibility index (Phi) is 4.33. The molecule has 106 valence electrons. The second-order valence-electron chi connectivity index (χ2n) is 5.19. The Morgan fingerprint density at radius 2 is 2.00 bits per heavy atom. The van der Waals surface area contributed by atoms with Gasteiger partial charge in [0.25, 0.3) is 0 Å². The standard InChI is InChI=1S/C15H18ClN3O/c16-13-5-2-1-4-11(13)10-15-19-18-14(20-15)6-3-9-17-12-7-8-12/h1-2,4-5,12,17H,3,6-10H2. The van der Waals surface area contributed by atoms with Crippen LogP contribution in [0.4, 0.5) is 0 Å². The molecule has 0 amide bonds. The van der Waals surface area contributed by atoms with Crippen molar-refractivity contribution in [2.45, 2.75) is 38.1 Å². The van der Waals surface area contributed by atoms with Crippen LogP contribution in [0, 0.1) is 0 Å². The summed E-state index contributed by atoms with van der Waals surface area (Å²) in [6.45, 7) is 1.02. The van der Waals surface area contributed by atoms with Crippen LogP contribution >= 0.6 is 11.6 Å². The first-order valence-corrected chi connectivity index (χ1v) is 7.47. The predicted molar refractivity (Wildman–Crippen MR) is 77.9 cm³/mol.